The highest BCUT2D eigenvalue weighted by Gasteiger charge is 2.25. The predicted molar refractivity (Wildman–Crippen MR) is 81.1 cm³/mol. The van der Waals surface area contributed by atoms with E-state index in [1.54, 1.807) is 0 Å². The first-order valence-corrected chi connectivity index (χ1v) is 8.62. The van der Waals surface area contributed by atoms with Gasteiger partial charge in [-0.05, 0) is 38.0 Å². The van der Waals surface area contributed by atoms with Crippen LogP contribution >= 0.6 is 15.9 Å². The van der Waals surface area contributed by atoms with E-state index in [-0.39, 0.29) is 0 Å². The van der Waals surface area contributed by atoms with Crippen molar-refractivity contribution in [1.29, 1.82) is 0 Å². The van der Waals surface area contributed by atoms with Gasteiger partial charge in [0.2, 0.25) is 5.91 Å². The fraction of sp³-hybridized carbons (Fsp3) is 0.933. The SMILES string of the molecule is CC(C)CCN(C(=O)CCCCBr)C1CCCC1. The van der Waals surface area contributed by atoms with Crippen molar-refractivity contribution in [3.8, 4) is 0 Å². The molecule has 0 N–H and O–H groups in total. The van der Waals surface area contributed by atoms with Crippen molar-refractivity contribution in [3.05, 3.63) is 0 Å². The number of unbranched alkanes of at least 4 members (excludes halogenated alkanes) is 1. The summed E-state index contributed by atoms with van der Waals surface area (Å²) in [5, 5.41) is 1.01. The third-order valence-corrected chi connectivity index (χ3v) is 4.37. The van der Waals surface area contributed by atoms with Crippen LogP contribution in [-0.2, 0) is 4.79 Å². The van der Waals surface area contributed by atoms with Gasteiger partial charge < -0.3 is 4.90 Å². The molecule has 1 saturated carbocycles. The van der Waals surface area contributed by atoms with Crippen LogP contribution in [0.1, 0.15) is 65.2 Å². The Labute approximate surface area is 121 Å². The van der Waals surface area contributed by atoms with Gasteiger partial charge in [-0.3, -0.25) is 4.79 Å². The fourth-order valence-electron chi connectivity index (χ4n) is 2.64. The van der Waals surface area contributed by atoms with Crippen molar-refractivity contribution in [3.63, 3.8) is 0 Å². The Bertz CT molecular complexity index is 237. The highest BCUT2D eigenvalue weighted by molar-refractivity contribution is 9.09. The molecule has 0 radical (unpaired) electrons. The monoisotopic (exact) mass is 317 g/mol. The van der Waals surface area contributed by atoms with Crippen LogP contribution < -0.4 is 0 Å². The molecule has 0 aromatic rings. The second-order valence-corrected chi connectivity index (χ2v) is 6.65. The van der Waals surface area contributed by atoms with Crippen molar-refractivity contribution in [2.75, 3.05) is 11.9 Å². The summed E-state index contributed by atoms with van der Waals surface area (Å²) < 4.78 is 0. The molecule has 2 nitrogen and oxygen atoms in total. The van der Waals surface area contributed by atoms with Gasteiger partial charge in [0, 0.05) is 24.3 Å². The number of hydrogen-bond donors (Lipinski definition) is 0. The largest absolute Gasteiger partial charge is 0.340 e. The van der Waals surface area contributed by atoms with Crippen molar-refractivity contribution >= 4 is 21.8 Å². The van der Waals surface area contributed by atoms with Crippen molar-refractivity contribution in [1.82, 2.24) is 4.90 Å². The van der Waals surface area contributed by atoms with Crippen LogP contribution in [0.25, 0.3) is 0 Å². The van der Waals surface area contributed by atoms with Gasteiger partial charge in [0.15, 0.2) is 0 Å². The molecule has 0 aliphatic heterocycles. The Balaban J connectivity index is 2.44. The van der Waals surface area contributed by atoms with Crippen LogP contribution in [0.5, 0.6) is 0 Å². The molecule has 1 aliphatic carbocycles. The molecular formula is C15H28BrNO. The Morgan fingerprint density at radius 3 is 2.50 bits per heavy atom. The lowest BCUT2D eigenvalue weighted by atomic mass is 10.1. The zero-order chi connectivity index (χ0) is 13.4. The maximum absolute atomic E-state index is 12.3. The number of carbonyl (C=O) groups excluding carboxylic acids is 1. The molecule has 1 aliphatic rings. The minimum absolute atomic E-state index is 0.392. The Kier molecular flexibility index (Phi) is 7.96. The van der Waals surface area contributed by atoms with Crippen LogP contribution in [0.3, 0.4) is 0 Å². The number of amides is 1. The standard InChI is InChI=1S/C15H28BrNO/c1-13(2)10-12-17(14-7-3-4-8-14)15(18)9-5-6-11-16/h13-14H,3-12H2,1-2H3. The lowest BCUT2D eigenvalue weighted by molar-refractivity contribution is -0.133. The molecule has 1 rings (SSSR count). The third-order valence-electron chi connectivity index (χ3n) is 3.81. The summed E-state index contributed by atoms with van der Waals surface area (Å²) in [6.07, 6.45) is 9.06. The second-order valence-electron chi connectivity index (χ2n) is 5.85. The smallest absolute Gasteiger partial charge is 0.222 e. The third kappa shape index (κ3) is 5.73. The average molecular weight is 318 g/mol. The molecule has 3 heteroatoms. The van der Waals surface area contributed by atoms with Gasteiger partial charge in [0.1, 0.15) is 0 Å². The van der Waals surface area contributed by atoms with Gasteiger partial charge in [0.25, 0.3) is 0 Å². The van der Waals surface area contributed by atoms with E-state index in [0.29, 0.717) is 17.9 Å². The van der Waals surface area contributed by atoms with Gasteiger partial charge in [-0.1, -0.05) is 42.6 Å². The lowest BCUT2D eigenvalue weighted by Crippen LogP contribution is -2.39. The van der Waals surface area contributed by atoms with E-state index < -0.39 is 0 Å². The molecule has 1 amide bonds. The lowest BCUT2D eigenvalue weighted by Gasteiger charge is -2.30. The van der Waals surface area contributed by atoms with E-state index >= 15 is 0 Å². The minimum Gasteiger partial charge on any atom is -0.340 e. The first-order valence-electron chi connectivity index (χ1n) is 7.50. The van der Waals surface area contributed by atoms with Crippen LogP contribution in [0.15, 0.2) is 0 Å². The Hall–Kier alpha value is -0.0500. The summed E-state index contributed by atoms with van der Waals surface area (Å²) in [6, 6.07) is 0.542. The van der Waals surface area contributed by atoms with Crippen LogP contribution in [0.4, 0.5) is 0 Å². The van der Waals surface area contributed by atoms with Crippen LogP contribution in [-0.4, -0.2) is 28.7 Å². The Morgan fingerprint density at radius 1 is 1.28 bits per heavy atom. The van der Waals surface area contributed by atoms with E-state index in [1.807, 2.05) is 0 Å². The summed E-state index contributed by atoms with van der Waals surface area (Å²) in [6.45, 7) is 5.44. The van der Waals surface area contributed by atoms with Gasteiger partial charge in [-0.2, -0.15) is 0 Å². The van der Waals surface area contributed by atoms with Crippen LogP contribution in [0, 0.1) is 5.92 Å². The Morgan fingerprint density at radius 2 is 1.94 bits per heavy atom. The summed E-state index contributed by atoms with van der Waals surface area (Å²) in [4.78, 5) is 14.5. The maximum Gasteiger partial charge on any atom is 0.222 e. The number of halogens is 1. The van der Waals surface area contributed by atoms with E-state index in [9.17, 15) is 4.79 Å². The molecule has 1 fully saturated rings. The topological polar surface area (TPSA) is 20.3 Å². The van der Waals surface area contributed by atoms with Gasteiger partial charge in [-0.15, -0.1) is 0 Å². The highest BCUT2D eigenvalue weighted by atomic mass is 79.9. The first-order chi connectivity index (χ1) is 8.65. The maximum atomic E-state index is 12.3. The molecular weight excluding hydrogens is 290 g/mol. The van der Waals surface area contributed by atoms with E-state index in [2.05, 4.69) is 34.7 Å². The molecule has 0 saturated heterocycles. The number of nitrogens with zero attached hydrogens (tertiary/aromatic N) is 1. The quantitative estimate of drug-likeness (QED) is 0.481. The van der Waals surface area contributed by atoms with Crippen molar-refractivity contribution in [2.24, 2.45) is 5.92 Å². The molecule has 0 bridgehead atoms. The fourth-order valence-corrected chi connectivity index (χ4v) is 3.03. The molecule has 0 spiro atoms. The van der Waals surface area contributed by atoms with Crippen molar-refractivity contribution < 1.29 is 4.79 Å². The second kappa shape index (κ2) is 8.95. The van der Waals surface area contributed by atoms with Gasteiger partial charge in [0.05, 0.1) is 0 Å². The number of hydrogen-bond acceptors (Lipinski definition) is 1. The zero-order valence-corrected chi connectivity index (χ0v) is 13.5. The average Bonchev–Trinajstić information content (AvgIpc) is 2.83. The van der Waals surface area contributed by atoms with E-state index in [1.165, 1.54) is 25.7 Å². The summed E-state index contributed by atoms with van der Waals surface area (Å²) in [5.74, 6) is 1.08. The normalized spacial score (nSPS) is 16.4. The van der Waals surface area contributed by atoms with E-state index in [4.69, 9.17) is 0 Å². The highest BCUT2D eigenvalue weighted by Crippen LogP contribution is 2.25. The minimum atomic E-state index is 0.392. The first kappa shape index (κ1) is 16.0. The molecule has 18 heavy (non-hydrogen) atoms. The summed E-state index contributed by atoms with van der Waals surface area (Å²) >= 11 is 3.43. The molecule has 0 atom stereocenters. The van der Waals surface area contributed by atoms with Gasteiger partial charge >= 0.3 is 0 Å². The van der Waals surface area contributed by atoms with Gasteiger partial charge in [-0.25, -0.2) is 0 Å². The van der Waals surface area contributed by atoms with Crippen molar-refractivity contribution in [2.45, 2.75) is 71.3 Å². The van der Waals surface area contributed by atoms with Crippen LogP contribution in [0.2, 0.25) is 0 Å². The number of carbonyl (C=O) groups is 1. The zero-order valence-electron chi connectivity index (χ0n) is 12.0. The molecule has 0 heterocycles. The molecule has 0 aromatic carbocycles. The molecule has 0 aromatic heterocycles. The molecule has 106 valence electrons. The number of alkyl halides is 1. The molecule has 0 unspecified atom stereocenters. The summed E-state index contributed by atoms with van der Waals surface area (Å²) in [7, 11) is 0. The summed E-state index contributed by atoms with van der Waals surface area (Å²) in [5.41, 5.74) is 0. The number of rotatable bonds is 8. The predicted octanol–water partition coefficient (Wildman–Crippen LogP) is 4.37. The van der Waals surface area contributed by atoms with E-state index in [0.717, 1.165) is 37.6 Å².